The molecule has 3 aliphatic rings. The molecule has 0 amide bonds. The lowest BCUT2D eigenvalue weighted by Crippen LogP contribution is -2.53. The molecule has 2 atom stereocenters. The largest absolute Gasteiger partial charge is 0.394 e. The Morgan fingerprint density at radius 3 is 2.85 bits per heavy atom. The van der Waals surface area contributed by atoms with Crippen LogP contribution in [0.5, 0.6) is 0 Å². The van der Waals surface area contributed by atoms with Crippen LogP contribution in [-0.2, 0) is 4.74 Å². The summed E-state index contributed by atoms with van der Waals surface area (Å²) in [6.07, 6.45) is 8.71. The van der Waals surface area contributed by atoms with Gasteiger partial charge in [0.1, 0.15) is 0 Å². The van der Waals surface area contributed by atoms with E-state index in [0.717, 1.165) is 32.6 Å². The molecule has 0 aromatic heterocycles. The first-order valence-electron chi connectivity index (χ1n) is 8.51. The molecule has 2 unspecified atom stereocenters. The number of aliphatic hydroxyl groups excluding tert-OH is 1. The van der Waals surface area contributed by atoms with Gasteiger partial charge in [0, 0.05) is 31.3 Å². The summed E-state index contributed by atoms with van der Waals surface area (Å²) in [4.78, 5) is 2.55. The SMILES string of the molecule is OCC1(NC2CC2)CCCC1CCN1CCCOCC1. The highest BCUT2D eigenvalue weighted by atomic mass is 16.5. The third-order valence-electron chi connectivity index (χ3n) is 5.42. The van der Waals surface area contributed by atoms with Crippen LogP contribution in [0.15, 0.2) is 0 Å². The second-order valence-corrected chi connectivity index (χ2v) is 6.92. The summed E-state index contributed by atoms with van der Waals surface area (Å²) in [5.41, 5.74) is 0.0313. The van der Waals surface area contributed by atoms with Crippen molar-refractivity contribution in [3.63, 3.8) is 0 Å². The Labute approximate surface area is 122 Å². The van der Waals surface area contributed by atoms with E-state index in [0.29, 0.717) is 18.6 Å². The quantitative estimate of drug-likeness (QED) is 0.772. The number of rotatable bonds is 6. The van der Waals surface area contributed by atoms with E-state index in [2.05, 4.69) is 10.2 Å². The molecule has 0 spiro atoms. The summed E-state index contributed by atoms with van der Waals surface area (Å²) < 4.78 is 5.53. The number of hydrogen-bond acceptors (Lipinski definition) is 4. The van der Waals surface area contributed by atoms with E-state index in [1.807, 2.05) is 0 Å². The average molecular weight is 282 g/mol. The molecule has 0 aromatic rings. The van der Waals surface area contributed by atoms with Crippen molar-refractivity contribution in [3.8, 4) is 0 Å². The van der Waals surface area contributed by atoms with E-state index in [1.54, 1.807) is 0 Å². The van der Waals surface area contributed by atoms with E-state index in [1.165, 1.54) is 45.2 Å². The summed E-state index contributed by atoms with van der Waals surface area (Å²) in [5.74, 6) is 0.650. The maximum absolute atomic E-state index is 9.95. The fraction of sp³-hybridized carbons (Fsp3) is 1.00. The van der Waals surface area contributed by atoms with Gasteiger partial charge < -0.3 is 20.1 Å². The lowest BCUT2D eigenvalue weighted by molar-refractivity contribution is 0.106. The molecular formula is C16H30N2O2. The predicted octanol–water partition coefficient (Wildman–Crippen LogP) is 1.38. The molecule has 116 valence electrons. The van der Waals surface area contributed by atoms with Crippen molar-refractivity contribution >= 4 is 0 Å². The minimum absolute atomic E-state index is 0.0313. The first-order chi connectivity index (χ1) is 9.82. The van der Waals surface area contributed by atoms with Gasteiger partial charge in [0.15, 0.2) is 0 Å². The third kappa shape index (κ3) is 3.53. The molecule has 1 aliphatic heterocycles. The van der Waals surface area contributed by atoms with Crippen LogP contribution in [0.4, 0.5) is 0 Å². The fourth-order valence-electron chi connectivity index (χ4n) is 4.00. The van der Waals surface area contributed by atoms with Crippen LogP contribution >= 0.6 is 0 Å². The van der Waals surface area contributed by atoms with E-state index < -0.39 is 0 Å². The van der Waals surface area contributed by atoms with Gasteiger partial charge in [0.2, 0.25) is 0 Å². The fourth-order valence-corrected chi connectivity index (χ4v) is 4.00. The van der Waals surface area contributed by atoms with Crippen molar-refractivity contribution < 1.29 is 9.84 Å². The van der Waals surface area contributed by atoms with Crippen molar-refractivity contribution in [3.05, 3.63) is 0 Å². The van der Waals surface area contributed by atoms with E-state index >= 15 is 0 Å². The molecule has 4 heteroatoms. The molecule has 1 heterocycles. The van der Waals surface area contributed by atoms with Crippen LogP contribution in [0.2, 0.25) is 0 Å². The van der Waals surface area contributed by atoms with Crippen LogP contribution in [0, 0.1) is 5.92 Å². The highest BCUT2D eigenvalue weighted by molar-refractivity contribution is 5.03. The zero-order valence-electron chi connectivity index (χ0n) is 12.6. The zero-order valence-corrected chi connectivity index (χ0v) is 12.6. The third-order valence-corrected chi connectivity index (χ3v) is 5.42. The average Bonchev–Trinajstić information content (AvgIpc) is 3.23. The van der Waals surface area contributed by atoms with Crippen LogP contribution < -0.4 is 5.32 Å². The van der Waals surface area contributed by atoms with Gasteiger partial charge in [-0.25, -0.2) is 0 Å². The first kappa shape index (κ1) is 14.8. The standard InChI is InChI=1S/C16H30N2O2/c19-13-16(17-15-4-5-15)7-1-3-14(16)6-9-18-8-2-11-20-12-10-18/h14-15,17,19H,1-13H2. The smallest absolute Gasteiger partial charge is 0.0616 e. The topological polar surface area (TPSA) is 44.7 Å². The lowest BCUT2D eigenvalue weighted by Gasteiger charge is -2.36. The van der Waals surface area contributed by atoms with Gasteiger partial charge in [0.05, 0.1) is 13.2 Å². The minimum Gasteiger partial charge on any atom is -0.394 e. The summed E-state index contributed by atoms with van der Waals surface area (Å²) in [7, 11) is 0. The second kappa shape index (κ2) is 6.73. The van der Waals surface area contributed by atoms with Crippen LogP contribution in [0.25, 0.3) is 0 Å². The van der Waals surface area contributed by atoms with E-state index in [-0.39, 0.29) is 5.54 Å². The molecule has 0 radical (unpaired) electrons. The molecule has 3 rings (SSSR count). The van der Waals surface area contributed by atoms with Gasteiger partial charge >= 0.3 is 0 Å². The second-order valence-electron chi connectivity index (χ2n) is 6.92. The van der Waals surface area contributed by atoms with Crippen molar-refractivity contribution in [2.75, 3.05) is 39.5 Å². The van der Waals surface area contributed by atoms with Gasteiger partial charge in [-0.15, -0.1) is 0 Å². The molecule has 20 heavy (non-hydrogen) atoms. The number of aliphatic hydroxyl groups is 1. The number of ether oxygens (including phenoxy) is 1. The maximum atomic E-state index is 9.95. The van der Waals surface area contributed by atoms with Gasteiger partial charge in [-0.05, 0) is 51.0 Å². The molecule has 2 N–H and O–H groups in total. The summed E-state index contributed by atoms with van der Waals surface area (Å²) in [6.45, 7) is 5.54. The predicted molar refractivity (Wildman–Crippen MR) is 79.8 cm³/mol. The zero-order chi connectivity index (χ0) is 13.8. The van der Waals surface area contributed by atoms with Crippen molar-refractivity contribution in [2.24, 2.45) is 5.92 Å². The normalized spacial score (nSPS) is 36.1. The Kier molecular flexibility index (Phi) is 4.97. The first-order valence-corrected chi connectivity index (χ1v) is 8.51. The highest BCUT2D eigenvalue weighted by Crippen LogP contribution is 2.40. The Morgan fingerprint density at radius 2 is 2.05 bits per heavy atom. The van der Waals surface area contributed by atoms with Crippen molar-refractivity contribution in [1.82, 2.24) is 10.2 Å². The molecule has 3 fully saturated rings. The monoisotopic (exact) mass is 282 g/mol. The van der Waals surface area contributed by atoms with Crippen LogP contribution in [-0.4, -0.2) is 61.0 Å². The van der Waals surface area contributed by atoms with Crippen LogP contribution in [0.1, 0.15) is 44.9 Å². The van der Waals surface area contributed by atoms with Gasteiger partial charge in [-0.3, -0.25) is 0 Å². The Balaban J connectivity index is 1.51. The Hall–Kier alpha value is -0.160. The van der Waals surface area contributed by atoms with Gasteiger partial charge in [-0.1, -0.05) is 6.42 Å². The summed E-state index contributed by atoms with van der Waals surface area (Å²) in [5, 5.41) is 13.7. The Morgan fingerprint density at radius 1 is 1.15 bits per heavy atom. The minimum atomic E-state index is 0.0313. The number of nitrogens with zero attached hydrogens (tertiary/aromatic N) is 1. The highest BCUT2D eigenvalue weighted by Gasteiger charge is 2.44. The molecular weight excluding hydrogens is 252 g/mol. The summed E-state index contributed by atoms with van der Waals surface area (Å²) in [6, 6.07) is 0.689. The molecule has 0 aromatic carbocycles. The molecule has 1 saturated heterocycles. The lowest BCUT2D eigenvalue weighted by atomic mass is 9.85. The molecule has 2 saturated carbocycles. The maximum Gasteiger partial charge on any atom is 0.0616 e. The molecule has 0 bridgehead atoms. The van der Waals surface area contributed by atoms with E-state index in [4.69, 9.17) is 4.74 Å². The van der Waals surface area contributed by atoms with Gasteiger partial charge in [0.25, 0.3) is 0 Å². The Bertz CT molecular complexity index is 301. The molecule has 4 nitrogen and oxygen atoms in total. The van der Waals surface area contributed by atoms with E-state index in [9.17, 15) is 5.11 Å². The van der Waals surface area contributed by atoms with Crippen LogP contribution in [0.3, 0.4) is 0 Å². The van der Waals surface area contributed by atoms with Crippen molar-refractivity contribution in [1.29, 1.82) is 0 Å². The van der Waals surface area contributed by atoms with Gasteiger partial charge in [-0.2, -0.15) is 0 Å². The number of nitrogens with one attached hydrogen (secondary N) is 1. The summed E-state index contributed by atoms with van der Waals surface area (Å²) >= 11 is 0. The number of hydrogen-bond donors (Lipinski definition) is 2. The van der Waals surface area contributed by atoms with Crippen molar-refractivity contribution in [2.45, 2.75) is 56.5 Å². The molecule has 2 aliphatic carbocycles.